The Morgan fingerprint density at radius 3 is 1.89 bits per heavy atom. The second-order valence-corrected chi connectivity index (χ2v) is 11.5. The number of nitroso groups, excluding NO2 is 1. The number of benzene rings is 1. The van der Waals surface area contributed by atoms with E-state index in [0.717, 1.165) is 24.8 Å². The molecule has 0 saturated heterocycles. The summed E-state index contributed by atoms with van der Waals surface area (Å²) in [4.78, 5) is 61.2. The molecule has 0 aliphatic heterocycles. The van der Waals surface area contributed by atoms with Crippen LogP contribution in [0.15, 0.2) is 29.4 Å². The van der Waals surface area contributed by atoms with Crippen LogP contribution in [-0.2, 0) is 25.6 Å². The van der Waals surface area contributed by atoms with Gasteiger partial charge in [-0.1, -0.05) is 96.1 Å². The summed E-state index contributed by atoms with van der Waals surface area (Å²) in [5, 5.41) is 10.9. The number of rotatable bonds is 26. The molecule has 3 amide bonds. The first-order chi connectivity index (χ1) is 21.3. The number of hydrogen-bond donors (Lipinski definition) is 3. The third-order valence-corrected chi connectivity index (χ3v) is 7.66. The van der Waals surface area contributed by atoms with E-state index in [2.05, 4.69) is 34.0 Å². The number of terminal acetylenes is 1. The van der Waals surface area contributed by atoms with E-state index in [-0.39, 0.29) is 42.7 Å². The van der Waals surface area contributed by atoms with E-state index in [9.17, 15) is 24.1 Å². The number of amides is 3. The van der Waals surface area contributed by atoms with Gasteiger partial charge >= 0.3 is 0 Å². The van der Waals surface area contributed by atoms with Gasteiger partial charge in [-0.05, 0) is 42.6 Å². The topological polar surface area (TPSA) is 134 Å². The number of nitrogens with zero attached hydrogens (tertiary/aromatic N) is 1. The van der Waals surface area contributed by atoms with Gasteiger partial charge in [0.05, 0.1) is 6.54 Å². The third-order valence-electron chi connectivity index (χ3n) is 7.66. The molecular weight excluding hydrogens is 556 g/mol. The summed E-state index contributed by atoms with van der Waals surface area (Å²) in [6.45, 7) is 4.17. The van der Waals surface area contributed by atoms with Crippen LogP contribution in [0.1, 0.15) is 122 Å². The summed E-state index contributed by atoms with van der Waals surface area (Å²) < 4.78 is 0. The SMILES string of the molecule is C#CCC(NC(=O)CCCCCCCCCCCCCCC)C(=O)NCC(=O)CC(Cc1ccc(N=O)cc1)C(=O)NCC. The highest BCUT2D eigenvalue weighted by Gasteiger charge is 2.24. The van der Waals surface area contributed by atoms with Crippen LogP contribution in [0.2, 0.25) is 0 Å². The van der Waals surface area contributed by atoms with Gasteiger partial charge in [-0.3, -0.25) is 19.2 Å². The predicted octanol–water partition coefficient (Wildman–Crippen LogP) is 6.44. The third kappa shape index (κ3) is 18.2. The van der Waals surface area contributed by atoms with Gasteiger partial charge in [0.1, 0.15) is 11.7 Å². The minimum Gasteiger partial charge on any atom is -0.356 e. The molecule has 2 atom stereocenters. The maximum Gasteiger partial charge on any atom is 0.243 e. The largest absolute Gasteiger partial charge is 0.356 e. The zero-order chi connectivity index (χ0) is 32.4. The molecule has 1 rings (SSSR count). The molecule has 244 valence electrons. The van der Waals surface area contributed by atoms with Crippen molar-refractivity contribution < 1.29 is 19.2 Å². The van der Waals surface area contributed by atoms with E-state index in [1.165, 1.54) is 64.2 Å². The zero-order valence-electron chi connectivity index (χ0n) is 27.0. The standard InChI is InChI=1S/C35H54N4O5/c1-4-7-8-9-10-11-12-13-14-15-16-17-18-20-33(41)38-32(19-5-2)35(43)37-27-31(40)26-29(34(42)36-6-3)25-28-21-23-30(39-44)24-22-28/h2,21-24,29,32H,4,6-20,25-27H2,1,3H3,(H,36,42)(H,37,43)(H,38,41). The lowest BCUT2D eigenvalue weighted by Crippen LogP contribution is -2.48. The van der Waals surface area contributed by atoms with Crippen LogP contribution in [0.3, 0.4) is 0 Å². The van der Waals surface area contributed by atoms with E-state index in [4.69, 9.17) is 6.42 Å². The van der Waals surface area contributed by atoms with Gasteiger partial charge in [0.2, 0.25) is 17.7 Å². The monoisotopic (exact) mass is 610 g/mol. The Balaban J connectivity index is 2.37. The summed E-state index contributed by atoms with van der Waals surface area (Å²) in [6, 6.07) is 5.57. The molecule has 0 spiro atoms. The number of ketones is 1. The van der Waals surface area contributed by atoms with Gasteiger partial charge in [-0.25, -0.2) is 0 Å². The average Bonchev–Trinajstić information content (AvgIpc) is 3.02. The van der Waals surface area contributed by atoms with E-state index in [1.54, 1.807) is 31.2 Å². The van der Waals surface area contributed by atoms with Crippen LogP contribution in [0.25, 0.3) is 0 Å². The van der Waals surface area contributed by atoms with Crippen molar-refractivity contribution in [1.29, 1.82) is 0 Å². The fourth-order valence-electron chi connectivity index (χ4n) is 5.11. The first-order valence-electron chi connectivity index (χ1n) is 16.6. The van der Waals surface area contributed by atoms with Crippen molar-refractivity contribution in [3.63, 3.8) is 0 Å². The van der Waals surface area contributed by atoms with Crippen LogP contribution in [0.4, 0.5) is 5.69 Å². The number of Topliss-reactive ketones (excluding diaryl/α,β-unsaturated/α-hetero) is 1. The normalized spacial score (nSPS) is 12.0. The Hall–Kier alpha value is -3.54. The molecule has 9 nitrogen and oxygen atoms in total. The van der Waals surface area contributed by atoms with E-state index < -0.39 is 17.9 Å². The van der Waals surface area contributed by atoms with E-state index in [0.29, 0.717) is 19.4 Å². The van der Waals surface area contributed by atoms with Crippen molar-refractivity contribution in [2.24, 2.45) is 11.1 Å². The second kappa shape index (κ2) is 24.9. The van der Waals surface area contributed by atoms with Gasteiger partial charge in [-0.15, -0.1) is 17.3 Å². The summed E-state index contributed by atoms with van der Waals surface area (Å²) in [5.74, 6) is 0.424. The second-order valence-electron chi connectivity index (χ2n) is 11.5. The van der Waals surface area contributed by atoms with Crippen LogP contribution in [0, 0.1) is 23.2 Å². The maximum absolute atomic E-state index is 12.7. The van der Waals surface area contributed by atoms with Gasteiger partial charge in [0.15, 0.2) is 5.78 Å². The Bertz CT molecular complexity index is 1030. The molecule has 0 fully saturated rings. The van der Waals surface area contributed by atoms with Crippen LogP contribution in [0.5, 0.6) is 0 Å². The number of carbonyl (C=O) groups excluding carboxylic acids is 4. The minimum atomic E-state index is -0.925. The highest BCUT2D eigenvalue weighted by atomic mass is 16.3. The fraction of sp³-hybridized carbons (Fsp3) is 0.657. The molecule has 0 aliphatic carbocycles. The molecule has 0 aromatic heterocycles. The lowest BCUT2D eigenvalue weighted by atomic mass is 9.93. The van der Waals surface area contributed by atoms with Crippen LogP contribution >= 0.6 is 0 Å². The summed E-state index contributed by atoms with van der Waals surface area (Å²) in [6.07, 6.45) is 21.8. The Kier molecular flexibility index (Phi) is 21.7. The molecule has 44 heavy (non-hydrogen) atoms. The molecule has 1 aromatic carbocycles. The molecular formula is C35H54N4O5. The number of unbranched alkanes of at least 4 members (excludes halogenated alkanes) is 12. The lowest BCUT2D eigenvalue weighted by molar-refractivity contribution is -0.131. The van der Waals surface area contributed by atoms with Crippen LogP contribution in [-0.4, -0.2) is 42.6 Å². The van der Waals surface area contributed by atoms with Crippen molar-refractivity contribution in [2.75, 3.05) is 13.1 Å². The first kappa shape index (κ1) is 38.5. The van der Waals surface area contributed by atoms with Crippen molar-refractivity contribution in [1.82, 2.24) is 16.0 Å². The molecule has 3 N–H and O–H groups in total. The van der Waals surface area contributed by atoms with Gasteiger partial charge in [0.25, 0.3) is 0 Å². The molecule has 9 heteroatoms. The first-order valence-corrected chi connectivity index (χ1v) is 16.6. The lowest BCUT2D eigenvalue weighted by Gasteiger charge is -2.18. The Labute approximate surface area is 264 Å². The molecule has 2 unspecified atom stereocenters. The molecule has 1 aromatic rings. The maximum atomic E-state index is 12.7. The highest BCUT2D eigenvalue weighted by Crippen LogP contribution is 2.18. The van der Waals surface area contributed by atoms with Crippen molar-refractivity contribution >= 4 is 29.2 Å². The van der Waals surface area contributed by atoms with Crippen LogP contribution < -0.4 is 16.0 Å². The van der Waals surface area contributed by atoms with Crippen molar-refractivity contribution in [3.8, 4) is 12.3 Å². The highest BCUT2D eigenvalue weighted by molar-refractivity contribution is 5.93. The van der Waals surface area contributed by atoms with E-state index >= 15 is 0 Å². The number of carbonyl (C=O) groups is 4. The Morgan fingerprint density at radius 2 is 1.36 bits per heavy atom. The van der Waals surface area contributed by atoms with Gasteiger partial charge in [0, 0.05) is 31.7 Å². The number of nitrogens with one attached hydrogen (secondary N) is 3. The molecule has 0 aliphatic rings. The van der Waals surface area contributed by atoms with E-state index in [1.807, 2.05) is 0 Å². The summed E-state index contributed by atoms with van der Waals surface area (Å²) in [5.41, 5.74) is 1.06. The zero-order valence-corrected chi connectivity index (χ0v) is 27.0. The Morgan fingerprint density at radius 1 is 0.795 bits per heavy atom. The van der Waals surface area contributed by atoms with Crippen molar-refractivity contribution in [3.05, 3.63) is 34.7 Å². The average molecular weight is 611 g/mol. The molecule has 0 bridgehead atoms. The predicted molar refractivity (Wildman–Crippen MR) is 176 cm³/mol. The summed E-state index contributed by atoms with van der Waals surface area (Å²) in [7, 11) is 0. The fourth-order valence-corrected chi connectivity index (χ4v) is 5.11. The van der Waals surface area contributed by atoms with Crippen molar-refractivity contribution in [2.45, 2.75) is 129 Å². The molecule has 0 saturated carbocycles. The van der Waals surface area contributed by atoms with Gasteiger partial charge in [-0.2, -0.15) is 0 Å². The van der Waals surface area contributed by atoms with Gasteiger partial charge < -0.3 is 16.0 Å². The quantitative estimate of drug-likeness (QED) is 0.0630. The smallest absolute Gasteiger partial charge is 0.243 e. The molecule has 0 heterocycles. The minimum absolute atomic E-state index is 0.0114. The molecule has 0 radical (unpaired) electrons. The number of hydrogen-bond acceptors (Lipinski definition) is 6. The summed E-state index contributed by atoms with van der Waals surface area (Å²) >= 11 is 0.